The van der Waals surface area contributed by atoms with Crippen molar-refractivity contribution in [3.8, 4) is 0 Å². The topological polar surface area (TPSA) is 6.48 Å². The van der Waals surface area contributed by atoms with Crippen LogP contribution in [0.5, 0.6) is 0 Å². The molecule has 0 spiro atoms. The molecule has 1 fully saturated rings. The molecule has 17 heavy (non-hydrogen) atoms. The second kappa shape index (κ2) is 9.89. The fourth-order valence-electron chi connectivity index (χ4n) is 2.39. The normalized spacial score (nSPS) is 18.7. The molecule has 0 aromatic rings. The van der Waals surface area contributed by atoms with Gasteiger partial charge in [0.25, 0.3) is 0 Å². The van der Waals surface area contributed by atoms with Crippen molar-refractivity contribution >= 4 is 0 Å². The summed E-state index contributed by atoms with van der Waals surface area (Å²) in [6, 6.07) is 0.725. The van der Waals surface area contributed by atoms with Gasteiger partial charge in [-0.05, 0) is 32.7 Å². The van der Waals surface area contributed by atoms with E-state index in [-0.39, 0.29) is 32.7 Å². The smallest absolute Gasteiger partial charge is 0.0113 e. The van der Waals surface area contributed by atoms with Crippen LogP contribution >= 0.6 is 0 Å². The Bertz CT molecular complexity index is 175. The molecule has 0 saturated carbocycles. The number of rotatable bonds is 6. The first kappa shape index (κ1) is 18.0. The van der Waals surface area contributed by atoms with Crippen molar-refractivity contribution in [3.05, 3.63) is 0 Å². The third-order valence-corrected chi connectivity index (χ3v) is 3.64. The van der Waals surface area contributed by atoms with E-state index in [0.29, 0.717) is 0 Å². The molecule has 0 N–H and O–H groups in total. The molecule has 0 aromatic carbocycles. The van der Waals surface area contributed by atoms with Crippen LogP contribution in [0.4, 0.5) is 0 Å². The summed E-state index contributed by atoms with van der Waals surface area (Å²) in [5.74, 6) is 0.873. The molecule has 0 amide bonds. The van der Waals surface area contributed by atoms with Gasteiger partial charge < -0.3 is 4.90 Å². The van der Waals surface area contributed by atoms with Crippen LogP contribution in [0.3, 0.4) is 0 Å². The zero-order chi connectivity index (χ0) is 12.0. The van der Waals surface area contributed by atoms with E-state index in [1.807, 2.05) is 0 Å². The molecular weight excluding hydrogens is 285 g/mol. The van der Waals surface area contributed by atoms with Crippen molar-refractivity contribution in [1.82, 2.24) is 9.80 Å². The molecule has 3 heteroatoms. The van der Waals surface area contributed by atoms with E-state index < -0.39 is 0 Å². The first-order chi connectivity index (χ1) is 7.59. The average Bonchev–Trinajstić information content (AvgIpc) is 2.25. The maximum absolute atomic E-state index is 2.64. The van der Waals surface area contributed by atoms with E-state index in [1.165, 1.54) is 52.0 Å². The number of hydrogen-bond acceptors (Lipinski definition) is 2. The van der Waals surface area contributed by atoms with Crippen LogP contribution < -0.4 is 0 Å². The average molecular weight is 315 g/mol. The van der Waals surface area contributed by atoms with Gasteiger partial charge in [-0.3, -0.25) is 4.90 Å². The van der Waals surface area contributed by atoms with Crippen LogP contribution in [0.2, 0.25) is 0 Å². The van der Waals surface area contributed by atoms with Crippen molar-refractivity contribution in [1.29, 1.82) is 0 Å². The summed E-state index contributed by atoms with van der Waals surface area (Å²) in [4.78, 5) is 5.23. The standard InChI is InChI=1S/C14H30N2.Y/c1-13(2)7-5-6-8-15-9-11-16(12-10-15)14(3)4;/h13-14H,5-12H2,1-4H3;. The predicted molar refractivity (Wildman–Crippen MR) is 71.8 cm³/mol. The molecule has 0 aliphatic carbocycles. The Morgan fingerprint density at radius 3 is 1.94 bits per heavy atom. The maximum Gasteiger partial charge on any atom is 0.0113 e. The summed E-state index contributed by atoms with van der Waals surface area (Å²) in [5.41, 5.74) is 0. The van der Waals surface area contributed by atoms with Gasteiger partial charge in [0.2, 0.25) is 0 Å². The Kier molecular flexibility index (Phi) is 10.5. The molecule has 2 nitrogen and oxygen atoms in total. The molecule has 0 atom stereocenters. The fraction of sp³-hybridized carbons (Fsp3) is 1.00. The van der Waals surface area contributed by atoms with Crippen molar-refractivity contribution in [2.75, 3.05) is 32.7 Å². The minimum Gasteiger partial charge on any atom is -0.301 e. The second-order valence-corrected chi connectivity index (χ2v) is 5.86. The first-order valence-electron chi connectivity index (χ1n) is 7.06. The quantitative estimate of drug-likeness (QED) is 0.696. The Balaban J connectivity index is 0.00000256. The van der Waals surface area contributed by atoms with Crippen LogP contribution in [0.15, 0.2) is 0 Å². The number of hydrogen-bond donors (Lipinski definition) is 0. The fourth-order valence-corrected chi connectivity index (χ4v) is 2.39. The molecule has 0 bridgehead atoms. The summed E-state index contributed by atoms with van der Waals surface area (Å²) in [7, 11) is 0. The Hall–Kier alpha value is 1.02. The second-order valence-electron chi connectivity index (χ2n) is 5.86. The zero-order valence-corrected chi connectivity index (χ0v) is 15.1. The van der Waals surface area contributed by atoms with E-state index in [2.05, 4.69) is 37.5 Å². The minimum absolute atomic E-state index is 0. The van der Waals surface area contributed by atoms with Crippen LogP contribution in [-0.2, 0) is 32.7 Å². The van der Waals surface area contributed by atoms with E-state index >= 15 is 0 Å². The molecule has 1 aliphatic heterocycles. The molecule has 99 valence electrons. The van der Waals surface area contributed by atoms with Crippen LogP contribution in [-0.4, -0.2) is 48.6 Å². The number of unbranched alkanes of at least 4 members (excludes halogenated alkanes) is 1. The van der Waals surface area contributed by atoms with E-state index in [0.717, 1.165) is 12.0 Å². The molecule has 1 heterocycles. The van der Waals surface area contributed by atoms with Crippen molar-refractivity contribution in [2.45, 2.75) is 53.0 Å². The van der Waals surface area contributed by atoms with Gasteiger partial charge in [0.1, 0.15) is 0 Å². The molecule has 0 unspecified atom stereocenters. The van der Waals surface area contributed by atoms with E-state index in [1.54, 1.807) is 0 Å². The van der Waals surface area contributed by atoms with Gasteiger partial charge in [0.05, 0.1) is 0 Å². The Labute approximate surface area is 133 Å². The number of piperazine rings is 1. The van der Waals surface area contributed by atoms with Gasteiger partial charge in [-0.15, -0.1) is 0 Å². The Morgan fingerprint density at radius 1 is 0.882 bits per heavy atom. The van der Waals surface area contributed by atoms with Crippen LogP contribution in [0.1, 0.15) is 47.0 Å². The molecule has 1 saturated heterocycles. The third kappa shape index (κ3) is 7.92. The maximum atomic E-state index is 2.64. The van der Waals surface area contributed by atoms with E-state index in [9.17, 15) is 0 Å². The molecule has 0 aromatic heterocycles. The van der Waals surface area contributed by atoms with Gasteiger partial charge in [0.15, 0.2) is 0 Å². The molecule has 1 rings (SSSR count). The monoisotopic (exact) mass is 315 g/mol. The molecule has 1 radical (unpaired) electrons. The predicted octanol–water partition coefficient (Wildman–Crippen LogP) is 2.84. The summed E-state index contributed by atoms with van der Waals surface area (Å²) in [5, 5.41) is 0. The molecule has 1 aliphatic rings. The number of nitrogens with zero attached hydrogens (tertiary/aromatic N) is 2. The largest absolute Gasteiger partial charge is 0.301 e. The van der Waals surface area contributed by atoms with Gasteiger partial charge in [-0.2, -0.15) is 0 Å². The van der Waals surface area contributed by atoms with E-state index in [4.69, 9.17) is 0 Å². The van der Waals surface area contributed by atoms with Crippen molar-refractivity contribution in [3.63, 3.8) is 0 Å². The van der Waals surface area contributed by atoms with Crippen LogP contribution in [0.25, 0.3) is 0 Å². The van der Waals surface area contributed by atoms with Gasteiger partial charge in [0, 0.05) is 64.9 Å². The summed E-state index contributed by atoms with van der Waals surface area (Å²) < 4.78 is 0. The summed E-state index contributed by atoms with van der Waals surface area (Å²) in [6.07, 6.45) is 4.19. The van der Waals surface area contributed by atoms with Gasteiger partial charge in [-0.1, -0.05) is 26.7 Å². The van der Waals surface area contributed by atoms with Gasteiger partial charge in [-0.25, -0.2) is 0 Å². The summed E-state index contributed by atoms with van der Waals surface area (Å²) in [6.45, 7) is 15.7. The van der Waals surface area contributed by atoms with Crippen molar-refractivity contribution < 1.29 is 32.7 Å². The first-order valence-corrected chi connectivity index (χ1v) is 7.06. The Morgan fingerprint density at radius 2 is 1.47 bits per heavy atom. The van der Waals surface area contributed by atoms with Gasteiger partial charge >= 0.3 is 0 Å². The third-order valence-electron chi connectivity index (χ3n) is 3.64. The summed E-state index contributed by atoms with van der Waals surface area (Å²) >= 11 is 0. The SMILES string of the molecule is CC(C)CCCCN1CCN(C(C)C)CC1.[Y]. The van der Waals surface area contributed by atoms with Crippen LogP contribution in [0, 0.1) is 5.92 Å². The minimum atomic E-state index is 0. The molecular formula is C14H30N2Y. The van der Waals surface area contributed by atoms with Crippen molar-refractivity contribution in [2.24, 2.45) is 5.92 Å². The zero-order valence-electron chi connectivity index (χ0n) is 12.3.